The molecule has 1 saturated heterocycles. The number of morpholine rings is 1. The Hall–Kier alpha value is -2.67. The van der Waals surface area contributed by atoms with Crippen LogP contribution in [0.25, 0.3) is 11.0 Å². The van der Waals surface area contributed by atoms with Crippen molar-refractivity contribution in [3.05, 3.63) is 80.7 Å². The topological polar surface area (TPSA) is 64.2 Å². The van der Waals surface area contributed by atoms with E-state index in [4.69, 9.17) is 20.8 Å². The first-order valence-corrected chi connectivity index (χ1v) is 11.0. The lowest BCUT2D eigenvalue weighted by molar-refractivity contribution is -0.908. The summed E-state index contributed by atoms with van der Waals surface area (Å²) in [6, 6.07) is 13.9. The monoisotopic (exact) mass is 439 g/mol. The van der Waals surface area contributed by atoms with Gasteiger partial charge in [-0.2, -0.15) is 0 Å². The van der Waals surface area contributed by atoms with E-state index in [1.54, 1.807) is 35.2 Å². The second-order valence-electron chi connectivity index (χ2n) is 8.09. The van der Waals surface area contributed by atoms with Crippen molar-refractivity contribution in [2.75, 3.05) is 39.4 Å². The van der Waals surface area contributed by atoms with Crippen molar-refractivity contribution in [2.24, 2.45) is 0 Å². The molecule has 31 heavy (non-hydrogen) atoms. The summed E-state index contributed by atoms with van der Waals surface area (Å²) in [5.74, 6) is -0.0721. The Bertz CT molecular complexity index is 1170. The molecule has 1 fully saturated rings. The van der Waals surface area contributed by atoms with Gasteiger partial charge < -0.3 is 19.0 Å². The van der Waals surface area contributed by atoms with E-state index in [0.29, 0.717) is 28.1 Å². The highest BCUT2D eigenvalue weighted by Crippen LogP contribution is 2.38. The fraction of sp³-hybridized carbons (Fsp3) is 0.333. The molecule has 7 heteroatoms. The molecule has 2 aromatic carbocycles. The number of hydrogen-bond donors (Lipinski definition) is 1. The molecule has 3 heterocycles. The van der Waals surface area contributed by atoms with E-state index in [1.807, 2.05) is 18.2 Å². The third-order valence-electron chi connectivity index (χ3n) is 6.19. The van der Waals surface area contributed by atoms with E-state index < -0.39 is 6.04 Å². The van der Waals surface area contributed by atoms with Gasteiger partial charge in [0.05, 0.1) is 36.8 Å². The van der Waals surface area contributed by atoms with Gasteiger partial charge in [-0.05, 0) is 29.8 Å². The highest BCUT2D eigenvalue weighted by atomic mass is 35.5. The molecule has 160 valence electrons. The van der Waals surface area contributed by atoms with Crippen LogP contribution in [0.15, 0.2) is 57.7 Å². The molecule has 0 bridgehead atoms. The molecule has 0 unspecified atom stereocenters. The molecule has 1 N–H and O–H groups in total. The minimum Gasteiger partial charge on any atom is -0.450 e. The summed E-state index contributed by atoms with van der Waals surface area (Å²) < 4.78 is 11.4. The normalized spacial score (nSPS) is 19.2. The lowest BCUT2D eigenvalue weighted by Gasteiger charge is -2.27. The van der Waals surface area contributed by atoms with E-state index in [-0.39, 0.29) is 17.1 Å². The van der Waals surface area contributed by atoms with E-state index in [2.05, 4.69) is 0 Å². The third-order valence-corrected chi connectivity index (χ3v) is 6.44. The smallest absolute Gasteiger partial charge is 0.290 e. The van der Waals surface area contributed by atoms with Gasteiger partial charge in [-0.25, -0.2) is 0 Å². The van der Waals surface area contributed by atoms with Crippen LogP contribution in [-0.4, -0.2) is 50.2 Å². The SMILES string of the molecule is O=C1c2oc3ccccc3c(=O)c2[C@H](c2ccc(Cl)cc2)N1CCC[NH+]1CCOCC1. The number of para-hydroxylation sites is 1. The largest absolute Gasteiger partial charge is 0.450 e. The zero-order valence-electron chi connectivity index (χ0n) is 17.1. The number of nitrogens with zero attached hydrogens (tertiary/aromatic N) is 1. The third kappa shape index (κ3) is 3.76. The van der Waals surface area contributed by atoms with Gasteiger partial charge in [0, 0.05) is 18.0 Å². The van der Waals surface area contributed by atoms with Gasteiger partial charge in [0.1, 0.15) is 18.7 Å². The van der Waals surface area contributed by atoms with Crippen LogP contribution in [0.2, 0.25) is 5.02 Å². The molecule has 3 aromatic rings. The molecule has 1 atom stereocenters. The number of halogens is 1. The summed E-state index contributed by atoms with van der Waals surface area (Å²) in [4.78, 5) is 30.0. The quantitative estimate of drug-likeness (QED) is 0.662. The molecule has 0 aliphatic carbocycles. The number of ether oxygens (including phenoxy) is 1. The number of nitrogens with one attached hydrogen (secondary N) is 1. The zero-order valence-corrected chi connectivity index (χ0v) is 17.9. The summed E-state index contributed by atoms with van der Waals surface area (Å²) in [5.41, 5.74) is 1.57. The fourth-order valence-electron chi connectivity index (χ4n) is 4.60. The maximum atomic E-state index is 13.4. The maximum Gasteiger partial charge on any atom is 0.290 e. The Balaban J connectivity index is 1.52. The molecule has 5 rings (SSSR count). The van der Waals surface area contributed by atoms with Crippen molar-refractivity contribution in [1.29, 1.82) is 0 Å². The summed E-state index contributed by atoms with van der Waals surface area (Å²) in [6.07, 6.45) is 0.840. The maximum absolute atomic E-state index is 13.4. The fourth-order valence-corrected chi connectivity index (χ4v) is 4.72. The van der Waals surface area contributed by atoms with Crippen molar-refractivity contribution >= 4 is 28.5 Å². The Morgan fingerprint density at radius 1 is 1.03 bits per heavy atom. The number of carbonyl (C=O) groups excluding carboxylic acids is 1. The minimum absolute atomic E-state index is 0.147. The van der Waals surface area contributed by atoms with E-state index in [0.717, 1.165) is 44.8 Å². The van der Waals surface area contributed by atoms with Crippen molar-refractivity contribution in [3.8, 4) is 0 Å². The second kappa shape index (κ2) is 8.46. The lowest BCUT2D eigenvalue weighted by atomic mass is 9.98. The van der Waals surface area contributed by atoms with Crippen molar-refractivity contribution in [1.82, 2.24) is 4.90 Å². The summed E-state index contributed by atoms with van der Waals surface area (Å²) >= 11 is 6.09. The number of amides is 1. The van der Waals surface area contributed by atoms with Crippen molar-refractivity contribution in [2.45, 2.75) is 12.5 Å². The Morgan fingerprint density at radius 2 is 1.77 bits per heavy atom. The first-order valence-electron chi connectivity index (χ1n) is 10.7. The predicted molar refractivity (Wildman–Crippen MR) is 118 cm³/mol. The molecule has 1 amide bonds. The average molecular weight is 440 g/mol. The van der Waals surface area contributed by atoms with Crippen LogP contribution in [0, 0.1) is 0 Å². The van der Waals surface area contributed by atoms with Gasteiger partial charge in [0.25, 0.3) is 5.91 Å². The predicted octanol–water partition coefficient (Wildman–Crippen LogP) is 2.30. The molecule has 6 nitrogen and oxygen atoms in total. The van der Waals surface area contributed by atoms with Crippen LogP contribution in [0.1, 0.15) is 34.1 Å². The van der Waals surface area contributed by atoms with Crippen LogP contribution in [-0.2, 0) is 4.74 Å². The molecule has 2 aliphatic heterocycles. The van der Waals surface area contributed by atoms with Crippen molar-refractivity contribution in [3.63, 3.8) is 0 Å². The Morgan fingerprint density at radius 3 is 2.55 bits per heavy atom. The summed E-state index contributed by atoms with van der Waals surface area (Å²) in [5, 5.41) is 1.11. The molecule has 0 saturated carbocycles. The molecular weight excluding hydrogens is 416 g/mol. The number of rotatable bonds is 5. The summed E-state index contributed by atoms with van der Waals surface area (Å²) in [6.45, 7) is 5.04. The van der Waals surface area contributed by atoms with Crippen LogP contribution in [0.4, 0.5) is 0 Å². The number of carbonyl (C=O) groups is 1. The van der Waals surface area contributed by atoms with Crippen molar-refractivity contribution < 1.29 is 18.8 Å². The van der Waals surface area contributed by atoms with Gasteiger partial charge >= 0.3 is 0 Å². The first-order chi connectivity index (χ1) is 15.1. The molecule has 0 radical (unpaired) electrons. The van der Waals surface area contributed by atoms with Crippen LogP contribution >= 0.6 is 11.6 Å². The van der Waals surface area contributed by atoms with E-state index in [9.17, 15) is 9.59 Å². The van der Waals surface area contributed by atoms with Gasteiger partial charge in [0.15, 0.2) is 5.43 Å². The molecule has 2 aliphatic rings. The van der Waals surface area contributed by atoms with E-state index >= 15 is 0 Å². The Kier molecular flexibility index (Phi) is 5.52. The zero-order chi connectivity index (χ0) is 21.4. The van der Waals surface area contributed by atoms with Crippen LogP contribution in [0.3, 0.4) is 0 Å². The second-order valence-corrected chi connectivity index (χ2v) is 8.53. The Labute approximate surface area is 185 Å². The van der Waals surface area contributed by atoms with Crippen LogP contribution in [0.5, 0.6) is 0 Å². The first kappa shape index (κ1) is 20.2. The summed E-state index contributed by atoms with van der Waals surface area (Å²) in [7, 11) is 0. The van der Waals surface area contributed by atoms with Crippen LogP contribution < -0.4 is 10.3 Å². The lowest BCUT2D eigenvalue weighted by Crippen LogP contribution is -3.14. The number of quaternary nitrogens is 1. The number of fused-ring (bicyclic) bond motifs is 2. The van der Waals surface area contributed by atoms with Gasteiger partial charge in [0.2, 0.25) is 5.76 Å². The highest BCUT2D eigenvalue weighted by molar-refractivity contribution is 6.30. The number of hydrogen-bond acceptors (Lipinski definition) is 4. The van der Waals surface area contributed by atoms with Gasteiger partial charge in [-0.3, -0.25) is 9.59 Å². The minimum atomic E-state index is -0.472. The standard InChI is InChI=1S/C24H23ClN2O4/c25-17-8-6-16(7-9-17)21-20-22(28)18-4-1-2-5-19(18)31-23(20)24(29)27(21)11-3-10-26-12-14-30-15-13-26/h1-2,4-9,21H,3,10-15H2/p+1/t21-/m0/s1. The van der Waals surface area contributed by atoms with Gasteiger partial charge in [-0.1, -0.05) is 35.9 Å². The highest BCUT2D eigenvalue weighted by Gasteiger charge is 2.42. The van der Waals surface area contributed by atoms with E-state index in [1.165, 1.54) is 4.90 Å². The molecular formula is C24H24ClN2O4+. The molecule has 1 aromatic heterocycles. The van der Waals surface area contributed by atoms with Gasteiger partial charge in [-0.15, -0.1) is 0 Å². The molecule has 0 spiro atoms. The number of benzene rings is 2. The average Bonchev–Trinajstić information content (AvgIpc) is 3.07.